The Balaban J connectivity index is 2.16. The van der Waals surface area contributed by atoms with E-state index < -0.39 is 11.9 Å². The molecule has 0 bridgehead atoms. The molecule has 7 nitrogen and oxygen atoms in total. The van der Waals surface area contributed by atoms with Crippen LogP contribution in [-0.2, 0) is 4.79 Å². The number of methoxy groups -OCH3 is 1. The summed E-state index contributed by atoms with van der Waals surface area (Å²) < 4.78 is 5.16. The first-order chi connectivity index (χ1) is 10.7. The standard InChI is InChI=1S/C15H17N4O3/c1-22-13-5-3-10-14(18-13)11(6-7-17-10)19-9(8-20)2-4-12(19)15(16)21/h3-7,9,12,20H,2,8H2,1H3,(H2,16,21)/t9-,12?/m0/s1. The molecule has 0 aromatic carbocycles. The molecule has 3 heterocycles. The molecule has 3 N–H and O–H groups in total. The number of hydrogen-bond acceptors (Lipinski definition) is 6. The largest absolute Gasteiger partial charge is 0.481 e. The average Bonchev–Trinajstić information content (AvgIpc) is 2.97. The highest BCUT2D eigenvalue weighted by Gasteiger charge is 2.37. The zero-order chi connectivity index (χ0) is 15.7. The first-order valence-electron chi connectivity index (χ1n) is 6.97. The maximum Gasteiger partial charge on any atom is 0.240 e. The van der Waals surface area contributed by atoms with Gasteiger partial charge >= 0.3 is 0 Å². The van der Waals surface area contributed by atoms with Crippen molar-refractivity contribution in [2.45, 2.75) is 18.5 Å². The van der Waals surface area contributed by atoms with Crippen LogP contribution in [0.4, 0.5) is 5.69 Å². The molecule has 2 aromatic rings. The van der Waals surface area contributed by atoms with Gasteiger partial charge in [-0.1, -0.05) is 0 Å². The maximum absolute atomic E-state index is 11.7. The van der Waals surface area contributed by atoms with Crippen LogP contribution in [0.5, 0.6) is 5.88 Å². The molecule has 1 aliphatic heterocycles. The lowest BCUT2D eigenvalue weighted by Gasteiger charge is -2.30. The minimum Gasteiger partial charge on any atom is -0.481 e. The summed E-state index contributed by atoms with van der Waals surface area (Å²) in [6.45, 7) is -0.0753. The third-order valence-corrected chi connectivity index (χ3v) is 3.85. The van der Waals surface area contributed by atoms with Crippen molar-refractivity contribution in [1.82, 2.24) is 9.97 Å². The van der Waals surface area contributed by atoms with Crippen molar-refractivity contribution in [2.75, 3.05) is 18.6 Å². The number of aliphatic hydroxyl groups excluding tert-OH is 1. The summed E-state index contributed by atoms with van der Waals surface area (Å²) in [6.07, 6.45) is 4.05. The Hall–Kier alpha value is -2.41. The predicted molar refractivity (Wildman–Crippen MR) is 81.3 cm³/mol. The van der Waals surface area contributed by atoms with Gasteiger partial charge in [0, 0.05) is 12.3 Å². The van der Waals surface area contributed by atoms with Crippen LogP contribution in [0.15, 0.2) is 24.4 Å². The summed E-state index contributed by atoms with van der Waals surface area (Å²) in [5, 5.41) is 9.60. The molecular weight excluding hydrogens is 284 g/mol. The molecule has 3 rings (SSSR count). The number of primary amides is 1. The van der Waals surface area contributed by atoms with Gasteiger partial charge in [-0.25, -0.2) is 4.98 Å². The number of carbonyl (C=O) groups excluding carboxylic acids is 1. The quantitative estimate of drug-likeness (QED) is 0.840. The van der Waals surface area contributed by atoms with E-state index in [1.165, 1.54) is 7.11 Å². The lowest BCUT2D eigenvalue weighted by molar-refractivity contribution is -0.118. The second kappa shape index (κ2) is 5.76. The number of pyridine rings is 2. The molecule has 1 amide bonds. The Kier molecular flexibility index (Phi) is 3.81. The van der Waals surface area contributed by atoms with Gasteiger partial charge in [-0.15, -0.1) is 0 Å². The zero-order valence-electron chi connectivity index (χ0n) is 12.1. The van der Waals surface area contributed by atoms with E-state index in [1.54, 1.807) is 29.3 Å². The molecule has 1 fully saturated rings. The molecule has 115 valence electrons. The zero-order valence-corrected chi connectivity index (χ0v) is 12.1. The van der Waals surface area contributed by atoms with Gasteiger partial charge < -0.3 is 20.5 Å². The van der Waals surface area contributed by atoms with Crippen LogP contribution < -0.4 is 15.4 Å². The molecule has 1 saturated heterocycles. The summed E-state index contributed by atoms with van der Waals surface area (Å²) >= 11 is 0. The molecule has 2 aromatic heterocycles. The molecule has 0 saturated carbocycles. The SMILES string of the molecule is COc1ccc2nccc(N3C(C(N)=O)[CH]C[C@H]3CO)c2n1. The van der Waals surface area contributed by atoms with Crippen LogP contribution in [-0.4, -0.2) is 46.8 Å². The van der Waals surface area contributed by atoms with Gasteiger partial charge in [0.2, 0.25) is 11.8 Å². The fourth-order valence-electron chi connectivity index (χ4n) is 2.82. The van der Waals surface area contributed by atoms with E-state index in [2.05, 4.69) is 9.97 Å². The van der Waals surface area contributed by atoms with E-state index in [1.807, 2.05) is 6.42 Å². The first kappa shape index (κ1) is 14.5. The highest BCUT2D eigenvalue weighted by molar-refractivity contribution is 5.93. The average molecular weight is 301 g/mol. The second-order valence-corrected chi connectivity index (χ2v) is 5.11. The lowest BCUT2D eigenvalue weighted by Crippen LogP contribution is -2.45. The number of anilines is 1. The summed E-state index contributed by atoms with van der Waals surface area (Å²) in [5.41, 5.74) is 7.50. The monoisotopic (exact) mass is 301 g/mol. The third kappa shape index (κ3) is 2.33. The number of carbonyl (C=O) groups is 1. The number of ether oxygens (including phenoxy) is 1. The minimum absolute atomic E-state index is 0.0753. The Bertz CT molecular complexity index is 706. The van der Waals surface area contributed by atoms with Gasteiger partial charge in [0.25, 0.3) is 0 Å². The molecule has 1 aliphatic rings. The summed E-state index contributed by atoms with van der Waals surface area (Å²) in [6, 6.07) is 4.51. The number of aliphatic hydroxyl groups is 1. The van der Waals surface area contributed by atoms with Crippen LogP contribution in [0.25, 0.3) is 11.0 Å². The van der Waals surface area contributed by atoms with Crippen LogP contribution in [0.1, 0.15) is 6.42 Å². The summed E-state index contributed by atoms with van der Waals surface area (Å²) in [7, 11) is 1.54. The van der Waals surface area contributed by atoms with Crippen LogP contribution >= 0.6 is 0 Å². The fraction of sp³-hybridized carbons (Fsp3) is 0.333. The Labute approximate surface area is 127 Å². The number of amides is 1. The van der Waals surface area contributed by atoms with Gasteiger partial charge in [0.1, 0.15) is 11.6 Å². The molecular formula is C15H17N4O3. The normalized spacial score (nSPS) is 21.3. The number of aromatic nitrogens is 2. The number of nitrogens with two attached hydrogens (primary N) is 1. The van der Waals surface area contributed by atoms with Gasteiger partial charge in [0.05, 0.1) is 31.0 Å². The molecule has 22 heavy (non-hydrogen) atoms. The van der Waals surface area contributed by atoms with E-state index in [0.717, 1.165) is 0 Å². The first-order valence-corrected chi connectivity index (χ1v) is 6.97. The lowest BCUT2D eigenvalue weighted by atomic mass is 10.2. The fourth-order valence-corrected chi connectivity index (χ4v) is 2.82. The predicted octanol–water partition coefficient (Wildman–Crippen LogP) is 0.268. The van der Waals surface area contributed by atoms with E-state index in [0.29, 0.717) is 29.0 Å². The van der Waals surface area contributed by atoms with E-state index in [4.69, 9.17) is 10.5 Å². The van der Waals surface area contributed by atoms with Crippen molar-refractivity contribution < 1.29 is 14.6 Å². The number of rotatable bonds is 4. The second-order valence-electron chi connectivity index (χ2n) is 5.11. The molecule has 2 atom stereocenters. The van der Waals surface area contributed by atoms with Gasteiger partial charge in [-0.2, -0.15) is 0 Å². The van der Waals surface area contributed by atoms with Crippen molar-refractivity contribution in [3.8, 4) is 5.88 Å². The van der Waals surface area contributed by atoms with Gasteiger partial charge in [0.15, 0.2) is 0 Å². The maximum atomic E-state index is 11.7. The number of fused-ring (bicyclic) bond motifs is 1. The number of nitrogens with zero attached hydrogens (tertiary/aromatic N) is 3. The van der Waals surface area contributed by atoms with Crippen molar-refractivity contribution in [2.24, 2.45) is 5.73 Å². The smallest absolute Gasteiger partial charge is 0.240 e. The molecule has 7 heteroatoms. The summed E-state index contributed by atoms with van der Waals surface area (Å²) in [5.74, 6) is 0.00454. The molecule has 1 radical (unpaired) electrons. The van der Waals surface area contributed by atoms with Crippen molar-refractivity contribution in [3.63, 3.8) is 0 Å². The van der Waals surface area contributed by atoms with Crippen LogP contribution in [0.3, 0.4) is 0 Å². The highest BCUT2D eigenvalue weighted by Crippen LogP contribution is 2.34. The van der Waals surface area contributed by atoms with Crippen molar-refractivity contribution >= 4 is 22.6 Å². The van der Waals surface area contributed by atoms with E-state index in [-0.39, 0.29) is 12.6 Å². The highest BCUT2D eigenvalue weighted by atomic mass is 16.5. The Morgan fingerprint density at radius 1 is 1.50 bits per heavy atom. The third-order valence-electron chi connectivity index (χ3n) is 3.85. The van der Waals surface area contributed by atoms with E-state index in [9.17, 15) is 9.90 Å². The molecule has 1 unspecified atom stereocenters. The Morgan fingerprint density at radius 2 is 2.32 bits per heavy atom. The van der Waals surface area contributed by atoms with Gasteiger partial charge in [-0.05, 0) is 25.0 Å². The number of hydrogen-bond donors (Lipinski definition) is 2. The van der Waals surface area contributed by atoms with Crippen molar-refractivity contribution in [3.05, 3.63) is 30.8 Å². The van der Waals surface area contributed by atoms with Crippen LogP contribution in [0.2, 0.25) is 0 Å². The molecule has 0 spiro atoms. The topological polar surface area (TPSA) is 102 Å². The molecule has 0 aliphatic carbocycles. The van der Waals surface area contributed by atoms with Crippen LogP contribution in [0, 0.1) is 6.42 Å². The Morgan fingerprint density at radius 3 is 3.00 bits per heavy atom. The van der Waals surface area contributed by atoms with E-state index >= 15 is 0 Å². The minimum atomic E-state index is -0.573. The van der Waals surface area contributed by atoms with Gasteiger partial charge in [-0.3, -0.25) is 9.78 Å². The van der Waals surface area contributed by atoms with Crippen molar-refractivity contribution in [1.29, 1.82) is 0 Å². The summed E-state index contributed by atoms with van der Waals surface area (Å²) in [4.78, 5) is 22.2.